The average Bonchev–Trinajstić information content (AvgIpc) is 3.10. The number of hydrogen-bond donors (Lipinski definition) is 1. The fourth-order valence-electron chi connectivity index (χ4n) is 3.79. The number of carboxylic acids is 1. The molecule has 1 aliphatic rings. The van der Waals surface area contributed by atoms with Crippen molar-refractivity contribution in [2.75, 3.05) is 0 Å². The van der Waals surface area contributed by atoms with Gasteiger partial charge in [-0.15, -0.1) is 0 Å². The Balaban J connectivity index is 1.66. The highest BCUT2D eigenvalue weighted by Crippen LogP contribution is 2.28. The van der Waals surface area contributed by atoms with E-state index in [-0.39, 0.29) is 11.1 Å². The van der Waals surface area contributed by atoms with Crippen molar-refractivity contribution in [2.45, 2.75) is 13.0 Å². The van der Waals surface area contributed by atoms with E-state index in [1.807, 2.05) is 12.1 Å². The second-order valence-corrected chi connectivity index (χ2v) is 6.96. The fraction of sp³-hybridized carbons (Fsp3) is 0.0870. The van der Waals surface area contributed by atoms with Crippen LogP contribution < -0.4 is 5.56 Å². The lowest BCUT2D eigenvalue weighted by atomic mass is 10.0. The van der Waals surface area contributed by atoms with Gasteiger partial charge in [0.25, 0.3) is 5.56 Å². The highest BCUT2D eigenvalue weighted by atomic mass is 16.4. The highest BCUT2D eigenvalue weighted by molar-refractivity contribution is 5.94. The molecule has 1 N–H and O–H groups in total. The van der Waals surface area contributed by atoms with Gasteiger partial charge in [0.05, 0.1) is 16.5 Å². The van der Waals surface area contributed by atoms with Gasteiger partial charge < -0.3 is 5.11 Å². The van der Waals surface area contributed by atoms with E-state index >= 15 is 0 Å². The van der Waals surface area contributed by atoms with Crippen LogP contribution in [-0.2, 0) is 6.54 Å². The number of carbonyl (C=O) groups is 1. The van der Waals surface area contributed by atoms with E-state index in [1.54, 1.807) is 10.6 Å². The van der Waals surface area contributed by atoms with E-state index in [1.165, 1.54) is 17.5 Å². The van der Waals surface area contributed by atoms with E-state index in [0.29, 0.717) is 23.3 Å². The van der Waals surface area contributed by atoms with Crippen molar-refractivity contribution in [3.63, 3.8) is 0 Å². The lowest BCUT2D eigenvalue weighted by molar-refractivity contribution is 0.0697. The van der Waals surface area contributed by atoms with Crippen LogP contribution in [0, 0.1) is 0 Å². The zero-order chi connectivity index (χ0) is 19.3. The second kappa shape index (κ2) is 6.16. The lowest BCUT2D eigenvalue weighted by Gasteiger charge is -2.06. The third-order valence-corrected chi connectivity index (χ3v) is 5.21. The summed E-state index contributed by atoms with van der Waals surface area (Å²) in [6.07, 6.45) is 2.78. The molecule has 0 saturated carbocycles. The van der Waals surface area contributed by atoms with Crippen molar-refractivity contribution in [2.24, 2.45) is 0 Å². The summed E-state index contributed by atoms with van der Waals surface area (Å²) in [6, 6.07) is 18.9. The summed E-state index contributed by atoms with van der Waals surface area (Å²) in [4.78, 5) is 28.7. The van der Waals surface area contributed by atoms with E-state index in [0.717, 1.165) is 22.9 Å². The molecule has 5 nitrogen and oxygen atoms in total. The predicted molar refractivity (Wildman–Crippen MR) is 109 cm³/mol. The van der Waals surface area contributed by atoms with Gasteiger partial charge in [-0.05, 0) is 58.7 Å². The van der Waals surface area contributed by atoms with Crippen LogP contribution in [0.5, 0.6) is 0 Å². The minimum Gasteiger partial charge on any atom is -0.478 e. The molecule has 4 aromatic rings. The van der Waals surface area contributed by atoms with Gasteiger partial charge in [0.1, 0.15) is 5.82 Å². The maximum Gasteiger partial charge on any atom is 0.335 e. The molecule has 1 aliphatic heterocycles. The van der Waals surface area contributed by atoms with Gasteiger partial charge in [0.15, 0.2) is 0 Å². The van der Waals surface area contributed by atoms with Gasteiger partial charge in [0, 0.05) is 6.54 Å². The van der Waals surface area contributed by atoms with Gasteiger partial charge in [0.2, 0.25) is 0 Å². The van der Waals surface area contributed by atoms with Crippen LogP contribution >= 0.6 is 0 Å². The number of allylic oxidation sites excluding steroid dienone is 1. The Labute approximate surface area is 160 Å². The molecule has 0 saturated heterocycles. The molecule has 0 unspecified atom stereocenters. The predicted octanol–water partition coefficient (Wildman–Crippen LogP) is 4.19. The van der Waals surface area contributed by atoms with Gasteiger partial charge >= 0.3 is 5.97 Å². The van der Waals surface area contributed by atoms with Crippen LogP contribution in [0.4, 0.5) is 0 Å². The maximum absolute atomic E-state index is 12.8. The first-order valence-electron chi connectivity index (χ1n) is 9.08. The second-order valence-electron chi connectivity index (χ2n) is 6.96. The number of nitrogens with zero attached hydrogens (tertiary/aromatic N) is 2. The first-order valence-corrected chi connectivity index (χ1v) is 9.08. The van der Waals surface area contributed by atoms with Crippen LogP contribution in [0.2, 0.25) is 0 Å². The zero-order valence-corrected chi connectivity index (χ0v) is 14.9. The first kappa shape index (κ1) is 16.4. The summed E-state index contributed by atoms with van der Waals surface area (Å²) in [5, 5.41) is 12.0. The molecule has 0 fully saturated rings. The highest BCUT2D eigenvalue weighted by Gasteiger charge is 2.21. The Morgan fingerprint density at radius 1 is 1.04 bits per heavy atom. The van der Waals surface area contributed by atoms with Crippen LogP contribution in [0.25, 0.3) is 33.3 Å². The molecule has 5 heteroatoms. The Morgan fingerprint density at radius 2 is 1.86 bits per heavy atom. The SMILES string of the molecule is O=C(O)c1ccc2c(=O)n3c(nc2c1)C(=Cc1ccc2ccccc2c1)CC3. The molecule has 0 atom stereocenters. The van der Waals surface area contributed by atoms with Crippen molar-refractivity contribution >= 4 is 39.3 Å². The molecule has 136 valence electrons. The standard InChI is InChI=1S/C23H16N2O3/c26-22-19-8-7-18(23(27)28)13-20(19)24-21-17(9-10-25(21)22)12-14-5-6-15-3-1-2-4-16(15)11-14/h1-8,11-13H,9-10H2,(H,27,28). The van der Waals surface area contributed by atoms with E-state index < -0.39 is 5.97 Å². The molecule has 5 rings (SSSR count). The third-order valence-electron chi connectivity index (χ3n) is 5.21. The monoisotopic (exact) mass is 368 g/mol. The van der Waals surface area contributed by atoms with E-state index in [9.17, 15) is 14.7 Å². The summed E-state index contributed by atoms with van der Waals surface area (Å²) in [7, 11) is 0. The minimum atomic E-state index is -1.03. The Hall–Kier alpha value is -3.73. The first-order chi connectivity index (χ1) is 13.6. The summed E-state index contributed by atoms with van der Waals surface area (Å²) in [5.74, 6) is -0.413. The van der Waals surface area contributed by atoms with Crippen LogP contribution in [-0.4, -0.2) is 20.6 Å². The molecule has 0 bridgehead atoms. The van der Waals surface area contributed by atoms with Gasteiger partial charge in [-0.2, -0.15) is 0 Å². The van der Waals surface area contributed by atoms with E-state index in [2.05, 4.69) is 41.4 Å². The van der Waals surface area contributed by atoms with Crippen molar-refractivity contribution in [1.82, 2.24) is 9.55 Å². The molecule has 28 heavy (non-hydrogen) atoms. The maximum atomic E-state index is 12.8. The van der Waals surface area contributed by atoms with Gasteiger partial charge in [-0.1, -0.05) is 36.4 Å². The summed E-state index contributed by atoms with van der Waals surface area (Å²) in [5.41, 5.74) is 2.45. The van der Waals surface area contributed by atoms with Crippen LogP contribution in [0.1, 0.15) is 28.2 Å². The smallest absolute Gasteiger partial charge is 0.335 e. The van der Waals surface area contributed by atoms with Gasteiger partial charge in [-0.25, -0.2) is 9.78 Å². The Morgan fingerprint density at radius 3 is 2.68 bits per heavy atom. The average molecular weight is 368 g/mol. The number of carboxylic acid groups (broad SMARTS) is 1. The quantitative estimate of drug-likeness (QED) is 0.576. The summed E-state index contributed by atoms with van der Waals surface area (Å²) >= 11 is 0. The van der Waals surface area contributed by atoms with Gasteiger partial charge in [-0.3, -0.25) is 9.36 Å². The molecule has 2 heterocycles. The van der Waals surface area contributed by atoms with Crippen LogP contribution in [0.3, 0.4) is 0 Å². The largest absolute Gasteiger partial charge is 0.478 e. The van der Waals surface area contributed by atoms with Crippen LogP contribution in [0.15, 0.2) is 65.5 Å². The molecule has 0 aliphatic carbocycles. The molecular formula is C23H16N2O3. The lowest BCUT2D eigenvalue weighted by Crippen LogP contribution is -2.20. The minimum absolute atomic E-state index is 0.126. The van der Waals surface area contributed by atoms with Crippen molar-refractivity contribution in [3.05, 3.63) is 88.0 Å². The third kappa shape index (κ3) is 2.60. The molecular weight excluding hydrogens is 352 g/mol. The van der Waals surface area contributed by atoms with Crippen molar-refractivity contribution in [1.29, 1.82) is 0 Å². The number of benzene rings is 3. The molecule has 0 spiro atoms. The van der Waals surface area contributed by atoms with Crippen molar-refractivity contribution < 1.29 is 9.90 Å². The van der Waals surface area contributed by atoms with Crippen molar-refractivity contribution in [3.8, 4) is 0 Å². The Kier molecular flexibility index (Phi) is 3.62. The normalized spacial score (nSPS) is 14.6. The number of hydrogen-bond acceptors (Lipinski definition) is 3. The molecule has 0 amide bonds. The summed E-state index contributed by atoms with van der Waals surface area (Å²) < 4.78 is 1.68. The molecule has 1 aromatic heterocycles. The van der Waals surface area contributed by atoms with E-state index in [4.69, 9.17) is 0 Å². The topological polar surface area (TPSA) is 72.2 Å². The number of fused-ring (bicyclic) bond motifs is 3. The Bertz CT molecular complexity index is 1370. The number of rotatable bonds is 2. The fourth-order valence-corrected chi connectivity index (χ4v) is 3.79. The number of aromatic carboxylic acids is 1. The number of aromatic nitrogens is 2. The molecule has 3 aromatic carbocycles. The zero-order valence-electron chi connectivity index (χ0n) is 14.9. The summed E-state index contributed by atoms with van der Waals surface area (Å²) in [6.45, 7) is 0.581. The molecule has 0 radical (unpaired) electrons.